The molecule has 16 heavy (non-hydrogen) atoms. The van der Waals surface area contributed by atoms with Crippen molar-refractivity contribution in [3.05, 3.63) is 29.3 Å². The van der Waals surface area contributed by atoms with E-state index in [-0.39, 0.29) is 11.5 Å². The summed E-state index contributed by atoms with van der Waals surface area (Å²) in [4.78, 5) is 11.6. The van der Waals surface area contributed by atoms with Crippen LogP contribution in [0, 0.1) is 0 Å². The van der Waals surface area contributed by atoms with Crippen molar-refractivity contribution in [2.75, 3.05) is 12.4 Å². The number of anilines is 1. The van der Waals surface area contributed by atoms with Crippen LogP contribution < -0.4 is 5.32 Å². The Labute approximate surface area is 95.8 Å². The lowest BCUT2D eigenvalue weighted by Crippen LogP contribution is -2.36. The van der Waals surface area contributed by atoms with Crippen LogP contribution in [0.2, 0.25) is 0 Å². The van der Waals surface area contributed by atoms with Gasteiger partial charge in [-0.15, -0.1) is 0 Å². The van der Waals surface area contributed by atoms with Crippen molar-refractivity contribution in [1.29, 1.82) is 0 Å². The van der Waals surface area contributed by atoms with Crippen molar-refractivity contribution >= 4 is 11.7 Å². The first-order valence-electron chi connectivity index (χ1n) is 5.52. The smallest absolute Gasteiger partial charge is 0.339 e. The third-order valence-electron chi connectivity index (χ3n) is 3.04. The van der Waals surface area contributed by atoms with Crippen molar-refractivity contribution in [1.82, 2.24) is 0 Å². The second-order valence-electron chi connectivity index (χ2n) is 4.84. The van der Waals surface area contributed by atoms with Gasteiger partial charge in [0.25, 0.3) is 0 Å². The first kappa shape index (κ1) is 11.0. The molecular formula is C13H17NO2. The molecule has 0 unspecified atom stereocenters. The van der Waals surface area contributed by atoms with Crippen molar-refractivity contribution in [3.8, 4) is 0 Å². The Kier molecular flexibility index (Phi) is 2.62. The molecule has 0 aliphatic carbocycles. The van der Waals surface area contributed by atoms with E-state index in [1.807, 2.05) is 6.07 Å². The Morgan fingerprint density at radius 2 is 2.19 bits per heavy atom. The van der Waals surface area contributed by atoms with Crippen LogP contribution in [0.4, 0.5) is 5.69 Å². The van der Waals surface area contributed by atoms with Crippen molar-refractivity contribution in [2.24, 2.45) is 0 Å². The maximum absolute atomic E-state index is 11.6. The third-order valence-corrected chi connectivity index (χ3v) is 3.04. The minimum atomic E-state index is -0.276. The molecular weight excluding hydrogens is 202 g/mol. The number of benzene rings is 1. The number of hydrogen-bond acceptors (Lipinski definition) is 3. The molecule has 0 saturated carbocycles. The van der Waals surface area contributed by atoms with Crippen molar-refractivity contribution < 1.29 is 9.53 Å². The molecule has 0 atom stereocenters. The Balaban J connectivity index is 2.46. The van der Waals surface area contributed by atoms with E-state index in [0.29, 0.717) is 5.56 Å². The molecule has 0 saturated heterocycles. The minimum Gasteiger partial charge on any atom is -0.465 e. The van der Waals surface area contributed by atoms with Crippen molar-refractivity contribution in [3.63, 3.8) is 0 Å². The summed E-state index contributed by atoms with van der Waals surface area (Å²) in [7, 11) is 1.41. The molecule has 0 amide bonds. The largest absolute Gasteiger partial charge is 0.465 e. The van der Waals surface area contributed by atoms with Gasteiger partial charge in [0.1, 0.15) is 0 Å². The van der Waals surface area contributed by atoms with Gasteiger partial charge in [0.2, 0.25) is 0 Å². The summed E-state index contributed by atoms with van der Waals surface area (Å²) in [5, 5.41) is 3.42. The molecule has 1 heterocycles. The standard InChI is InChI=1S/C13H17NO2/c1-13(2)8-7-9-5-4-6-10(11(9)14-13)12(15)16-3/h4-6,14H,7-8H2,1-3H3. The molecule has 86 valence electrons. The summed E-state index contributed by atoms with van der Waals surface area (Å²) in [5.74, 6) is -0.276. The molecule has 3 nitrogen and oxygen atoms in total. The summed E-state index contributed by atoms with van der Waals surface area (Å²) in [6, 6.07) is 5.77. The summed E-state index contributed by atoms with van der Waals surface area (Å²) in [5.41, 5.74) is 2.80. The fraction of sp³-hybridized carbons (Fsp3) is 0.462. The number of carbonyl (C=O) groups is 1. The van der Waals surface area contributed by atoms with E-state index in [4.69, 9.17) is 4.74 Å². The zero-order chi connectivity index (χ0) is 11.8. The number of methoxy groups -OCH3 is 1. The zero-order valence-corrected chi connectivity index (χ0v) is 9.96. The molecule has 1 aromatic carbocycles. The van der Waals surface area contributed by atoms with E-state index in [1.165, 1.54) is 12.7 Å². The lowest BCUT2D eigenvalue weighted by atomic mass is 9.88. The fourth-order valence-corrected chi connectivity index (χ4v) is 2.08. The van der Waals surface area contributed by atoms with Gasteiger partial charge in [-0.25, -0.2) is 4.79 Å². The molecule has 0 aromatic heterocycles. The average Bonchev–Trinajstić information content (AvgIpc) is 2.26. The molecule has 1 N–H and O–H groups in total. The van der Waals surface area contributed by atoms with Crippen LogP contribution in [0.15, 0.2) is 18.2 Å². The lowest BCUT2D eigenvalue weighted by molar-refractivity contribution is 0.0601. The van der Waals surface area contributed by atoms with Crippen LogP contribution in [0.25, 0.3) is 0 Å². The Bertz CT molecular complexity index is 424. The van der Waals surface area contributed by atoms with Crippen LogP contribution >= 0.6 is 0 Å². The normalized spacial score (nSPS) is 17.2. The van der Waals surface area contributed by atoms with Crippen LogP contribution in [0.5, 0.6) is 0 Å². The number of para-hydroxylation sites is 1. The number of ether oxygens (including phenoxy) is 1. The first-order chi connectivity index (χ1) is 7.53. The number of carbonyl (C=O) groups excluding carboxylic acids is 1. The summed E-state index contributed by atoms with van der Waals surface area (Å²) in [6.45, 7) is 4.29. The Morgan fingerprint density at radius 1 is 1.44 bits per heavy atom. The van der Waals surface area contributed by atoms with E-state index in [0.717, 1.165) is 18.5 Å². The lowest BCUT2D eigenvalue weighted by Gasteiger charge is -2.34. The predicted octanol–water partition coefficient (Wildman–Crippen LogP) is 2.61. The number of fused-ring (bicyclic) bond motifs is 1. The minimum absolute atomic E-state index is 0.0388. The quantitative estimate of drug-likeness (QED) is 0.738. The summed E-state index contributed by atoms with van der Waals surface area (Å²) >= 11 is 0. The number of rotatable bonds is 1. The van der Waals surface area contributed by atoms with Gasteiger partial charge < -0.3 is 10.1 Å². The van der Waals surface area contributed by atoms with E-state index in [9.17, 15) is 4.79 Å². The van der Waals surface area contributed by atoms with Gasteiger partial charge in [0, 0.05) is 5.54 Å². The highest BCUT2D eigenvalue weighted by Gasteiger charge is 2.27. The number of nitrogens with one attached hydrogen (secondary N) is 1. The van der Waals surface area contributed by atoms with Crippen LogP contribution in [-0.4, -0.2) is 18.6 Å². The van der Waals surface area contributed by atoms with Crippen molar-refractivity contribution in [2.45, 2.75) is 32.2 Å². The number of esters is 1. The average molecular weight is 219 g/mol. The third kappa shape index (κ3) is 1.90. The van der Waals surface area contributed by atoms with E-state index in [1.54, 1.807) is 6.07 Å². The Morgan fingerprint density at radius 3 is 2.88 bits per heavy atom. The molecule has 0 radical (unpaired) electrons. The van der Waals surface area contributed by atoms with E-state index in [2.05, 4.69) is 25.2 Å². The molecule has 0 bridgehead atoms. The zero-order valence-electron chi connectivity index (χ0n) is 9.96. The van der Waals surface area contributed by atoms with Crippen LogP contribution in [-0.2, 0) is 11.2 Å². The van der Waals surface area contributed by atoms with Gasteiger partial charge in [-0.1, -0.05) is 12.1 Å². The number of aryl methyl sites for hydroxylation is 1. The van der Waals surface area contributed by atoms with E-state index >= 15 is 0 Å². The highest BCUT2D eigenvalue weighted by molar-refractivity contribution is 5.96. The van der Waals surface area contributed by atoms with Gasteiger partial charge in [0.15, 0.2) is 0 Å². The second-order valence-corrected chi connectivity index (χ2v) is 4.84. The molecule has 1 aliphatic heterocycles. The highest BCUT2D eigenvalue weighted by atomic mass is 16.5. The first-order valence-corrected chi connectivity index (χ1v) is 5.52. The van der Waals surface area contributed by atoms with Gasteiger partial charge in [0.05, 0.1) is 18.4 Å². The maximum atomic E-state index is 11.6. The maximum Gasteiger partial charge on any atom is 0.339 e. The highest BCUT2D eigenvalue weighted by Crippen LogP contribution is 2.33. The van der Waals surface area contributed by atoms with Gasteiger partial charge in [-0.05, 0) is 38.3 Å². The molecule has 1 aliphatic rings. The van der Waals surface area contributed by atoms with Gasteiger partial charge in [-0.3, -0.25) is 0 Å². The van der Waals surface area contributed by atoms with E-state index < -0.39 is 0 Å². The van der Waals surface area contributed by atoms with Gasteiger partial charge in [-0.2, -0.15) is 0 Å². The monoisotopic (exact) mass is 219 g/mol. The Hall–Kier alpha value is -1.51. The molecule has 0 fully saturated rings. The van der Waals surface area contributed by atoms with Crippen LogP contribution in [0.3, 0.4) is 0 Å². The molecule has 0 spiro atoms. The second kappa shape index (κ2) is 3.81. The number of hydrogen-bond donors (Lipinski definition) is 1. The summed E-state index contributed by atoms with van der Waals surface area (Å²) < 4.78 is 4.79. The summed E-state index contributed by atoms with van der Waals surface area (Å²) in [6.07, 6.45) is 2.07. The van der Waals surface area contributed by atoms with Gasteiger partial charge >= 0.3 is 5.97 Å². The SMILES string of the molecule is COC(=O)c1cccc2c1NC(C)(C)CC2. The molecule has 2 rings (SSSR count). The topological polar surface area (TPSA) is 38.3 Å². The van der Waals surface area contributed by atoms with Crippen LogP contribution in [0.1, 0.15) is 36.2 Å². The molecule has 1 aromatic rings. The molecule has 3 heteroatoms. The predicted molar refractivity (Wildman–Crippen MR) is 63.8 cm³/mol. The fourth-order valence-electron chi connectivity index (χ4n) is 2.08.